The molecule has 65 heavy (non-hydrogen) atoms. The van der Waals surface area contributed by atoms with Gasteiger partial charge in [-0.2, -0.15) is 0 Å². The summed E-state index contributed by atoms with van der Waals surface area (Å²) < 4.78 is 2.76. The Morgan fingerprint density at radius 2 is 0.800 bits per heavy atom. The average molecular weight is 845 g/mol. The zero-order valence-corrected chi connectivity index (χ0v) is 37.7. The lowest BCUT2D eigenvalue weighted by atomic mass is 9.78. The number of hydrogen-bond donors (Lipinski definition) is 0. The molecule has 0 aliphatic heterocycles. The van der Waals surface area contributed by atoms with Crippen LogP contribution < -0.4 is 0 Å². The van der Waals surface area contributed by atoms with Crippen molar-refractivity contribution in [2.75, 3.05) is 0 Å². The van der Waals surface area contributed by atoms with Gasteiger partial charge < -0.3 is 0 Å². The van der Waals surface area contributed by atoms with Crippen molar-refractivity contribution >= 4 is 74.6 Å². The van der Waals surface area contributed by atoms with Crippen LogP contribution in [0.1, 0.15) is 49.9 Å². The highest BCUT2D eigenvalue weighted by Crippen LogP contribution is 2.58. The van der Waals surface area contributed by atoms with Crippen LogP contribution in [0.2, 0.25) is 0 Å². The van der Waals surface area contributed by atoms with Gasteiger partial charge in [-0.3, -0.25) is 0 Å². The molecule has 0 amide bonds. The van der Waals surface area contributed by atoms with E-state index in [1.54, 1.807) is 0 Å². The second-order valence-corrected chi connectivity index (χ2v) is 20.5. The van der Waals surface area contributed by atoms with Gasteiger partial charge in [-0.15, -0.1) is 11.3 Å². The molecule has 0 unspecified atom stereocenters. The van der Waals surface area contributed by atoms with Gasteiger partial charge in [0.2, 0.25) is 0 Å². The van der Waals surface area contributed by atoms with Gasteiger partial charge in [0.05, 0.1) is 0 Å². The van der Waals surface area contributed by atoms with Crippen molar-refractivity contribution in [3.8, 4) is 55.6 Å². The third kappa shape index (κ3) is 4.97. The van der Waals surface area contributed by atoms with Crippen molar-refractivity contribution < 1.29 is 0 Å². The van der Waals surface area contributed by atoms with Crippen molar-refractivity contribution in [1.29, 1.82) is 0 Å². The molecule has 14 rings (SSSR count). The highest BCUT2D eigenvalue weighted by atomic mass is 32.1. The molecule has 0 bridgehead atoms. The van der Waals surface area contributed by atoms with Gasteiger partial charge in [0.25, 0.3) is 0 Å². The Hall–Kier alpha value is -7.32. The summed E-state index contributed by atoms with van der Waals surface area (Å²) in [6.07, 6.45) is 0. The maximum absolute atomic E-state index is 2.51. The van der Waals surface area contributed by atoms with Gasteiger partial charge in [0, 0.05) is 31.0 Å². The first-order valence-corrected chi connectivity index (χ1v) is 23.8. The van der Waals surface area contributed by atoms with Crippen molar-refractivity contribution in [3.05, 3.63) is 216 Å². The molecule has 0 saturated heterocycles. The zero-order chi connectivity index (χ0) is 43.3. The van der Waals surface area contributed by atoms with Gasteiger partial charge in [0.15, 0.2) is 0 Å². The van der Waals surface area contributed by atoms with Gasteiger partial charge >= 0.3 is 0 Å². The van der Waals surface area contributed by atoms with E-state index >= 15 is 0 Å². The molecule has 0 fully saturated rings. The fourth-order valence-electron chi connectivity index (χ4n) is 12.4. The monoisotopic (exact) mass is 844 g/mol. The first kappa shape index (κ1) is 37.1. The maximum atomic E-state index is 2.51. The highest BCUT2D eigenvalue weighted by Gasteiger charge is 2.40. The molecule has 12 aromatic rings. The van der Waals surface area contributed by atoms with E-state index in [1.807, 2.05) is 11.3 Å². The maximum Gasteiger partial charge on any atom is 0.0440 e. The van der Waals surface area contributed by atoms with E-state index in [-0.39, 0.29) is 10.8 Å². The largest absolute Gasteiger partial charge is 0.135 e. The van der Waals surface area contributed by atoms with Crippen LogP contribution in [0, 0.1) is 0 Å². The molecule has 2 aliphatic carbocycles. The Bertz CT molecular complexity index is 4000. The molecule has 0 atom stereocenters. The summed E-state index contributed by atoms with van der Waals surface area (Å²) in [5.41, 5.74) is 18.5. The number of rotatable bonds is 3. The standard InChI is InChI=1S/C64H44S/c1-63(2)53-34-38(39-29-33-51-55(35-39)64(3,4)61-49-23-11-12-24-50(49)62-60(59(51)61)52-25-13-14-27-56(52)65-62)28-31-42(53)43-32-30-40(36-54(43)63)57-45-19-7-9-21-47(45)58(48-22-10-8-20-46(48)57)44-26-15-17-37-16-5-6-18-41(37)44/h5-36H,1-4H3. The van der Waals surface area contributed by atoms with Gasteiger partial charge in [0.1, 0.15) is 0 Å². The first-order valence-electron chi connectivity index (χ1n) is 23.0. The topological polar surface area (TPSA) is 0 Å². The fourth-order valence-corrected chi connectivity index (χ4v) is 13.6. The number of benzene rings is 11. The minimum absolute atomic E-state index is 0.165. The van der Waals surface area contributed by atoms with E-state index in [2.05, 4.69) is 222 Å². The van der Waals surface area contributed by atoms with Gasteiger partial charge in [-0.05, 0) is 145 Å². The summed E-state index contributed by atoms with van der Waals surface area (Å²) in [7, 11) is 0. The molecule has 0 radical (unpaired) electrons. The Morgan fingerprint density at radius 1 is 0.323 bits per heavy atom. The third-order valence-electron chi connectivity index (χ3n) is 15.4. The smallest absolute Gasteiger partial charge is 0.0440 e. The van der Waals surface area contributed by atoms with Gasteiger partial charge in [-0.25, -0.2) is 0 Å². The van der Waals surface area contributed by atoms with Crippen LogP contribution in [0.5, 0.6) is 0 Å². The molecule has 0 nitrogen and oxygen atoms in total. The summed E-state index contributed by atoms with van der Waals surface area (Å²) >= 11 is 1.94. The molecule has 306 valence electrons. The lowest BCUT2D eigenvalue weighted by Crippen LogP contribution is -2.16. The summed E-state index contributed by atoms with van der Waals surface area (Å²) in [5.74, 6) is 0. The van der Waals surface area contributed by atoms with E-state index in [4.69, 9.17) is 0 Å². The third-order valence-corrected chi connectivity index (χ3v) is 16.6. The quantitative estimate of drug-likeness (QED) is 0.155. The summed E-state index contributed by atoms with van der Waals surface area (Å²) in [6, 6.07) is 73.6. The average Bonchev–Trinajstić information content (AvgIpc) is 3.92. The molecule has 0 N–H and O–H groups in total. The molecule has 2 aliphatic rings. The van der Waals surface area contributed by atoms with E-state index in [0.717, 1.165) is 0 Å². The second-order valence-electron chi connectivity index (χ2n) is 19.5. The lowest BCUT2D eigenvalue weighted by molar-refractivity contribution is 0.660. The number of fused-ring (bicyclic) bond motifs is 16. The van der Waals surface area contributed by atoms with Crippen LogP contribution >= 0.6 is 11.3 Å². The minimum Gasteiger partial charge on any atom is -0.135 e. The van der Waals surface area contributed by atoms with Gasteiger partial charge in [-0.1, -0.05) is 198 Å². The molecule has 1 heterocycles. The molecular weight excluding hydrogens is 801 g/mol. The van der Waals surface area contributed by atoms with Crippen LogP contribution in [-0.2, 0) is 10.8 Å². The molecule has 1 heteroatoms. The molecule has 11 aromatic carbocycles. The summed E-state index contributed by atoms with van der Waals surface area (Å²) in [5, 5.41) is 13.2. The zero-order valence-electron chi connectivity index (χ0n) is 36.9. The lowest BCUT2D eigenvalue weighted by Gasteiger charge is -2.25. The first-order chi connectivity index (χ1) is 31.8. The Morgan fingerprint density at radius 3 is 1.46 bits per heavy atom. The second kappa shape index (κ2) is 13.1. The molecule has 0 spiro atoms. The molecular formula is C64H44S. The van der Waals surface area contributed by atoms with Crippen molar-refractivity contribution in [1.82, 2.24) is 0 Å². The Labute approximate surface area is 383 Å². The number of thiophene rings is 1. The predicted octanol–water partition coefficient (Wildman–Crippen LogP) is 18.3. The van der Waals surface area contributed by atoms with Crippen LogP contribution in [0.15, 0.2) is 194 Å². The van der Waals surface area contributed by atoms with Crippen LogP contribution in [0.3, 0.4) is 0 Å². The predicted molar refractivity (Wildman–Crippen MR) is 281 cm³/mol. The number of hydrogen-bond acceptors (Lipinski definition) is 1. The normalized spacial score (nSPS) is 14.4. The van der Waals surface area contributed by atoms with E-state index in [0.29, 0.717) is 0 Å². The van der Waals surface area contributed by atoms with Crippen molar-refractivity contribution in [2.24, 2.45) is 0 Å². The summed E-state index contributed by atoms with van der Waals surface area (Å²) in [4.78, 5) is 0. The SMILES string of the molecule is CC1(C)c2cc(-c3ccc4c(c3)C(C)(C)c3c-4c4c5ccccc5sc4c4ccccc34)ccc2-c2ccc(-c3c4ccccc4c(-c4cccc5ccccc45)c4ccccc34)cc21. The highest BCUT2D eigenvalue weighted by molar-refractivity contribution is 7.26. The van der Waals surface area contributed by atoms with Crippen LogP contribution in [-0.4, -0.2) is 0 Å². The minimum atomic E-state index is -0.193. The Balaban J connectivity index is 0.901. The van der Waals surface area contributed by atoms with E-state index in [1.165, 1.54) is 141 Å². The summed E-state index contributed by atoms with van der Waals surface area (Å²) in [6.45, 7) is 9.74. The van der Waals surface area contributed by atoms with Crippen molar-refractivity contribution in [3.63, 3.8) is 0 Å². The van der Waals surface area contributed by atoms with Crippen LogP contribution in [0.4, 0.5) is 0 Å². The Kier molecular flexibility index (Phi) is 7.49. The molecule has 1 aromatic heterocycles. The molecule has 0 saturated carbocycles. The van der Waals surface area contributed by atoms with E-state index in [9.17, 15) is 0 Å². The van der Waals surface area contributed by atoms with Crippen molar-refractivity contribution in [2.45, 2.75) is 38.5 Å². The fraction of sp³-hybridized carbons (Fsp3) is 0.0938. The van der Waals surface area contributed by atoms with Crippen LogP contribution in [0.25, 0.3) is 119 Å². The van der Waals surface area contributed by atoms with E-state index < -0.39 is 0 Å².